The molecule has 1 aliphatic heterocycles. The van der Waals surface area contributed by atoms with Gasteiger partial charge >= 0.3 is 0 Å². The molecule has 1 aromatic carbocycles. The largest absolute Gasteiger partial charge is 0.471 e. The Kier molecular flexibility index (Phi) is 5.73. The van der Waals surface area contributed by atoms with Crippen molar-refractivity contribution in [2.24, 2.45) is 15.4 Å². The first-order chi connectivity index (χ1) is 12.6. The van der Waals surface area contributed by atoms with Gasteiger partial charge in [-0.25, -0.2) is 4.98 Å². The van der Waals surface area contributed by atoms with E-state index in [1.165, 1.54) is 5.56 Å². The third-order valence-corrected chi connectivity index (χ3v) is 3.92. The van der Waals surface area contributed by atoms with Crippen LogP contribution in [0.2, 0.25) is 0 Å². The van der Waals surface area contributed by atoms with Gasteiger partial charge in [0.1, 0.15) is 13.2 Å². The van der Waals surface area contributed by atoms with E-state index >= 15 is 0 Å². The molecule has 6 heteroatoms. The molecular weight excluding hydrogens is 328 g/mol. The monoisotopic (exact) mass is 350 g/mol. The van der Waals surface area contributed by atoms with Crippen molar-refractivity contribution in [3.8, 4) is 5.88 Å². The average Bonchev–Trinajstić information content (AvgIpc) is 3.07. The highest BCUT2D eigenvalue weighted by atomic mass is 16.6. The van der Waals surface area contributed by atoms with E-state index in [0.717, 1.165) is 34.7 Å². The van der Waals surface area contributed by atoms with Gasteiger partial charge in [-0.2, -0.15) is 10.2 Å². The van der Waals surface area contributed by atoms with Gasteiger partial charge in [-0.1, -0.05) is 35.0 Å². The summed E-state index contributed by atoms with van der Waals surface area (Å²) in [5, 5.41) is 12.2. The van der Waals surface area contributed by atoms with Gasteiger partial charge in [0.2, 0.25) is 5.88 Å². The zero-order valence-electron chi connectivity index (χ0n) is 15.3. The van der Waals surface area contributed by atoms with E-state index in [4.69, 9.17) is 9.57 Å². The van der Waals surface area contributed by atoms with Crippen molar-refractivity contribution in [1.29, 1.82) is 0 Å². The molecule has 134 valence electrons. The molecule has 0 saturated heterocycles. The number of aromatic nitrogens is 1. The average molecular weight is 350 g/mol. The second-order valence-corrected chi connectivity index (χ2v) is 6.29. The van der Waals surface area contributed by atoms with Gasteiger partial charge in [0, 0.05) is 30.0 Å². The zero-order chi connectivity index (χ0) is 18.4. The molecule has 0 fully saturated rings. The van der Waals surface area contributed by atoms with Crippen LogP contribution in [0.1, 0.15) is 37.0 Å². The van der Waals surface area contributed by atoms with Gasteiger partial charge in [-0.3, -0.25) is 0 Å². The number of nitrogens with zero attached hydrogens (tertiary/aromatic N) is 4. The maximum Gasteiger partial charge on any atom is 0.213 e. The van der Waals surface area contributed by atoms with Crippen LogP contribution in [0.25, 0.3) is 0 Å². The molecule has 2 heterocycles. The molecule has 1 aromatic heterocycles. The molecule has 0 unspecified atom stereocenters. The van der Waals surface area contributed by atoms with Gasteiger partial charge in [-0.05, 0) is 32.4 Å². The number of ether oxygens (including phenoxy) is 1. The van der Waals surface area contributed by atoms with Crippen LogP contribution in [0, 0.1) is 6.92 Å². The van der Waals surface area contributed by atoms with E-state index in [0.29, 0.717) is 19.1 Å². The molecule has 0 N–H and O–H groups in total. The van der Waals surface area contributed by atoms with Crippen LogP contribution in [0.3, 0.4) is 0 Å². The first kappa shape index (κ1) is 17.8. The van der Waals surface area contributed by atoms with Crippen LogP contribution in [0.5, 0.6) is 5.88 Å². The lowest BCUT2D eigenvalue weighted by atomic mass is 10.2. The van der Waals surface area contributed by atoms with Gasteiger partial charge in [0.25, 0.3) is 0 Å². The molecule has 1 aliphatic rings. The molecule has 0 amide bonds. The minimum Gasteiger partial charge on any atom is -0.471 e. The molecule has 0 bridgehead atoms. The van der Waals surface area contributed by atoms with E-state index in [9.17, 15) is 0 Å². The first-order valence-corrected chi connectivity index (χ1v) is 8.50. The van der Waals surface area contributed by atoms with Gasteiger partial charge in [-0.15, -0.1) is 0 Å². The Balaban J connectivity index is 1.49. The van der Waals surface area contributed by atoms with Gasteiger partial charge in [0.15, 0.2) is 0 Å². The summed E-state index contributed by atoms with van der Waals surface area (Å²) in [7, 11) is 0. The van der Waals surface area contributed by atoms with E-state index in [2.05, 4.69) is 39.4 Å². The summed E-state index contributed by atoms with van der Waals surface area (Å²) in [6.45, 7) is 6.74. The van der Waals surface area contributed by atoms with Crippen LogP contribution >= 0.6 is 0 Å². The van der Waals surface area contributed by atoms with Crippen LogP contribution in [-0.2, 0) is 11.4 Å². The van der Waals surface area contributed by atoms with Gasteiger partial charge < -0.3 is 9.57 Å². The zero-order valence-corrected chi connectivity index (χ0v) is 15.3. The highest BCUT2D eigenvalue weighted by Crippen LogP contribution is 2.11. The third kappa shape index (κ3) is 4.99. The maximum absolute atomic E-state index is 5.64. The molecule has 0 aliphatic carbocycles. The van der Waals surface area contributed by atoms with E-state index in [1.54, 1.807) is 6.20 Å². The fourth-order valence-corrected chi connectivity index (χ4v) is 2.38. The summed E-state index contributed by atoms with van der Waals surface area (Å²) in [5.41, 5.74) is 5.88. The van der Waals surface area contributed by atoms with Crippen LogP contribution < -0.4 is 4.74 Å². The van der Waals surface area contributed by atoms with Crippen molar-refractivity contribution in [2.75, 3.05) is 6.61 Å². The van der Waals surface area contributed by atoms with E-state index < -0.39 is 0 Å². The van der Waals surface area contributed by atoms with Crippen LogP contribution in [0.15, 0.2) is 58.0 Å². The van der Waals surface area contributed by atoms with Crippen molar-refractivity contribution < 1.29 is 9.57 Å². The minimum absolute atomic E-state index is 0.403. The lowest BCUT2D eigenvalue weighted by molar-refractivity contribution is 0.130. The Morgan fingerprint density at radius 1 is 1.04 bits per heavy atom. The first-order valence-electron chi connectivity index (χ1n) is 8.50. The van der Waals surface area contributed by atoms with Crippen molar-refractivity contribution in [2.45, 2.75) is 33.8 Å². The van der Waals surface area contributed by atoms with E-state index in [1.807, 2.05) is 38.1 Å². The Labute approximate surface area is 153 Å². The fourth-order valence-electron chi connectivity index (χ4n) is 2.38. The van der Waals surface area contributed by atoms with E-state index in [-0.39, 0.29) is 0 Å². The lowest BCUT2D eigenvalue weighted by Crippen LogP contribution is -2.12. The highest BCUT2D eigenvalue weighted by molar-refractivity contribution is 6.07. The standard InChI is InChI=1S/C20H22N4O2/c1-14-4-6-17(7-5-14)12-26-24-16(3)18-8-9-20(21-11-18)25-13-19-10-15(2)22-23-19/h4-9,11H,10,12-13H2,1-3H3/b24-16+. The third-order valence-electron chi connectivity index (χ3n) is 3.92. The number of aryl methyl sites for hydroxylation is 1. The van der Waals surface area contributed by atoms with Crippen LogP contribution in [0.4, 0.5) is 0 Å². The Bertz CT molecular complexity index is 837. The summed E-state index contributed by atoms with van der Waals surface area (Å²) in [5.74, 6) is 0.550. The molecule has 0 atom stereocenters. The van der Waals surface area contributed by atoms with Crippen molar-refractivity contribution >= 4 is 17.1 Å². The number of hydrogen-bond donors (Lipinski definition) is 0. The summed E-state index contributed by atoms with van der Waals surface area (Å²) < 4.78 is 5.64. The molecular formula is C20H22N4O2. The number of pyridine rings is 1. The quantitative estimate of drug-likeness (QED) is 0.561. The van der Waals surface area contributed by atoms with Crippen molar-refractivity contribution in [1.82, 2.24) is 4.98 Å². The predicted octanol–water partition coefficient (Wildman–Crippen LogP) is 3.93. The second kappa shape index (κ2) is 8.38. The minimum atomic E-state index is 0.403. The lowest BCUT2D eigenvalue weighted by Gasteiger charge is -2.06. The Morgan fingerprint density at radius 3 is 2.50 bits per heavy atom. The molecule has 3 rings (SSSR count). The van der Waals surface area contributed by atoms with Crippen LogP contribution in [-0.4, -0.2) is 28.7 Å². The summed E-state index contributed by atoms with van der Waals surface area (Å²) in [4.78, 5) is 9.74. The SMILES string of the molecule is CC1=NN=C(COc2ccc(/C(C)=N/OCc3ccc(C)cc3)cn2)C1. The smallest absolute Gasteiger partial charge is 0.213 e. The molecule has 0 saturated carbocycles. The number of rotatable bonds is 7. The Morgan fingerprint density at radius 2 is 1.85 bits per heavy atom. The Hall–Kier alpha value is -3.02. The van der Waals surface area contributed by atoms with Crippen molar-refractivity contribution in [3.05, 3.63) is 59.3 Å². The maximum atomic E-state index is 5.64. The normalized spacial score (nSPS) is 14.0. The summed E-state index contributed by atoms with van der Waals surface area (Å²) in [6.07, 6.45) is 2.49. The molecule has 0 radical (unpaired) electrons. The molecule has 0 spiro atoms. The summed E-state index contributed by atoms with van der Waals surface area (Å²) in [6, 6.07) is 11.9. The number of benzene rings is 1. The molecule has 26 heavy (non-hydrogen) atoms. The second-order valence-electron chi connectivity index (χ2n) is 6.29. The molecule has 6 nitrogen and oxygen atoms in total. The highest BCUT2D eigenvalue weighted by Gasteiger charge is 2.09. The molecule has 2 aromatic rings. The fraction of sp³-hybridized carbons (Fsp3) is 0.300. The number of hydrogen-bond acceptors (Lipinski definition) is 6. The predicted molar refractivity (Wildman–Crippen MR) is 103 cm³/mol. The van der Waals surface area contributed by atoms with Gasteiger partial charge in [0.05, 0.1) is 11.4 Å². The summed E-state index contributed by atoms with van der Waals surface area (Å²) >= 11 is 0. The van der Waals surface area contributed by atoms with Crippen molar-refractivity contribution in [3.63, 3.8) is 0 Å². The topological polar surface area (TPSA) is 68.4 Å². The number of oxime groups is 1.